The third-order valence-electron chi connectivity index (χ3n) is 2.83. The minimum Gasteiger partial charge on any atom is -0.383 e. The van der Waals surface area contributed by atoms with Gasteiger partial charge < -0.3 is 4.74 Å². The maximum atomic E-state index is 11.5. The largest absolute Gasteiger partial charge is 0.383 e. The SMILES string of the molecule is CCc1ccc(-n2nnc3c2C(=O)OC3=O)cc1. The first-order valence-electron chi connectivity index (χ1n) is 5.52. The molecule has 1 aliphatic heterocycles. The number of rotatable bonds is 2. The highest BCUT2D eigenvalue weighted by atomic mass is 16.6. The Labute approximate surface area is 102 Å². The highest BCUT2D eigenvalue weighted by Gasteiger charge is 2.37. The number of hydrogen-bond acceptors (Lipinski definition) is 5. The fourth-order valence-electron chi connectivity index (χ4n) is 1.84. The average molecular weight is 243 g/mol. The molecule has 1 aliphatic rings. The lowest BCUT2D eigenvalue weighted by atomic mass is 10.1. The van der Waals surface area contributed by atoms with Crippen LogP contribution in [0.5, 0.6) is 0 Å². The van der Waals surface area contributed by atoms with E-state index in [9.17, 15) is 9.59 Å². The summed E-state index contributed by atoms with van der Waals surface area (Å²) >= 11 is 0. The van der Waals surface area contributed by atoms with E-state index in [0.717, 1.165) is 6.42 Å². The molecule has 0 N–H and O–H groups in total. The van der Waals surface area contributed by atoms with E-state index in [-0.39, 0.29) is 11.4 Å². The molecule has 6 heteroatoms. The van der Waals surface area contributed by atoms with Crippen molar-refractivity contribution in [2.45, 2.75) is 13.3 Å². The lowest BCUT2D eigenvalue weighted by molar-refractivity contribution is 0.0434. The normalized spacial score (nSPS) is 13.6. The zero-order valence-electron chi connectivity index (χ0n) is 9.58. The summed E-state index contributed by atoms with van der Waals surface area (Å²) in [5, 5.41) is 7.47. The first kappa shape index (κ1) is 10.6. The predicted molar refractivity (Wildman–Crippen MR) is 60.5 cm³/mol. The summed E-state index contributed by atoms with van der Waals surface area (Å²) in [6, 6.07) is 7.52. The zero-order chi connectivity index (χ0) is 12.7. The number of hydrogen-bond donors (Lipinski definition) is 0. The van der Waals surface area contributed by atoms with Gasteiger partial charge in [0.25, 0.3) is 0 Å². The molecule has 90 valence electrons. The maximum Gasteiger partial charge on any atom is 0.369 e. The van der Waals surface area contributed by atoms with Gasteiger partial charge in [0.15, 0.2) is 5.69 Å². The maximum absolute atomic E-state index is 11.5. The number of esters is 2. The van der Waals surface area contributed by atoms with Gasteiger partial charge in [-0.3, -0.25) is 0 Å². The third-order valence-corrected chi connectivity index (χ3v) is 2.83. The van der Waals surface area contributed by atoms with Crippen LogP contribution in [0.1, 0.15) is 33.5 Å². The van der Waals surface area contributed by atoms with E-state index in [2.05, 4.69) is 22.0 Å². The topological polar surface area (TPSA) is 74.1 Å². The van der Waals surface area contributed by atoms with Gasteiger partial charge in [-0.2, -0.15) is 0 Å². The number of carbonyl (C=O) groups is 2. The minimum absolute atomic E-state index is 0.0282. The molecule has 6 nitrogen and oxygen atoms in total. The van der Waals surface area contributed by atoms with Gasteiger partial charge in [0.05, 0.1) is 5.69 Å². The summed E-state index contributed by atoms with van der Waals surface area (Å²) < 4.78 is 5.80. The second kappa shape index (κ2) is 3.76. The summed E-state index contributed by atoms with van der Waals surface area (Å²) in [4.78, 5) is 22.8. The summed E-state index contributed by atoms with van der Waals surface area (Å²) in [6.45, 7) is 2.05. The molecule has 0 spiro atoms. The van der Waals surface area contributed by atoms with Crippen LogP contribution < -0.4 is 0 Å². The van der Waals surface area contributed by atoms with Crippen LogP contribution in [0.15, 0.2) is 24.3 Å². The van der Waals surface area contributed by atoms with Crippen molar-refractivity contribution < 1.29 is 14.3 Å². The summed E-state index contributed by atoms with van der Waals surface area (Å²) in [5.74, 6) is -1.45. The predicted octanol–water partition coefficient (Wildman–Crippen LogP) is 1.14. The van der Waals surface area contributed by atoms with Gasteiger partial charge in [0, 0.05) is 0 Å². The van der Waals surface area contributed by atoms with E-state index < -0.39 is 11.9 Å². The Balaban J connectivity index is 2.10. The third kappa shape index (κ3) is 1.42. The first-order chi connectivity index (χ1) is 8.70. The molecule has 3 rings (SSSR count). The summed E-state index contributed by atoms with van der Waals surface area (Å²) in [7, 11) is 0. The van der Waals surface area contributed by atoms with Gasteiger partial charge in [-0.1, -0.05) is 24.3 Å². The summed E-state index contributed by atoms with van der Waals surface area (Å²) in [5.41, 5.74) is 1.91. The number of benzene rings is 1. The van der Waals surface area contributed by atoms with Crippen molar-refractivity contribution in [1.82, 2.24) is 15.0 Å². The molecule has 18 heavy (non-hydrogen) atoms. The molecule has 0 unspecified atom stereocenters. The minimum atomic E-state index is -0.744. The van der Waals surface area contributed by atoms with E-state index >= 15 is 0 Å². The highest BCUT2D eigenvalue weighted by molar-refractivity contribution is 6.12. The van der Waals surface area contributed by atoms with Crippen molar-refractivity contribution in [3.8, 4) is 5.69 Å². The van der Waals surface area contributed by atoms with Gasteiger partial charge in [-0.05, 0) is 24.1 Å². The van der Waals surface area contributed by atoms with Crippen molar-refractivity contribution in [2.24, 2.45) is 0 Å². The van der Waals surface area contributed by atoms with Gasteiger partial charge in [-0.15, -0.1) is 5.10 Å². The Morgan fingerprint density at radius 1 is 1.17 bits per heavy atom. The second-order valence-corrected chi connectivity index (χ2v) is 3.90. The standard InChI is InChI=1S/C12H9N3O3/c1-2-7-3-5-8(6-4-7)15-10-9(13-14-15)11(16)18-12(10)17/h3-6H,2H2,1H3. The van der Waals surface area contributed by atoms with E-state index in [0.29, 0.717) is 5.69 Å². The van der Waals surface area contributed by atoms with Crippen LogP contribution in [0, 0.1) is 0 Å². The van der Waals surface area contributed by atoms with Crippen molar-refractivity contribution in [3.05, 3.63) is 41.2 Å². The van der Waals surface area contributed by atoms with E-state index in [1.807, 2.05) is 24.3 Å². The lowest BCUT2D eigenvalue weighted by Gasteiger charge is -2.03. The number of fused-ring (bicyclic) bond motifs is 1. The molecule has 0 fully saturated rings. The number of carbonyl (C=O) groups excluding carboxylic acids is 2. The molecule has 2 aromatic rings. The Morgan fingerprint density at radius 2 is 1.89 bits per heavy atom. The van der Waals surface area contributed by atoms with Crippen molar-refractivity contribution in [3.63, 3.8) is 0 Å². The molecule has 1 aromatic heterocycles. The molecule has 0 amide bonds. The number of aryl methyl sites for hydroxylation is 1. The van der Waals surface area contributed by atoms with Gasteiger partial charge in [0.2, 0.25) is 5.69 Å². The van der Waals surface area contributed by atoms with E-state index in [1.54, 1.807) is 0 Å². The van der Waals surface area contributed by atoms with E-state index in [4.69, 9.17) is 0 Å². The van der Waals surface area contributed by atoms with Crippen LogP contribution in [0.25, 0.3) is 5.69 Å². The van der Waals surface area contributed by atoms with Crippen LogP contribution in [0.2, 0.25) is 0 Å². The molecule has 0 radical (unpaired) electrons. The number of nitrogens with zero attached hydrogens (tertiary/aromatic N) is 3. The van der Waals surface area contributed by atoms with Crippen LogP contribution in [0.3, 0.4) is 0 Å². The van der Waals surface area contributed by atoms with Crippen LogP contribution in [-0.4, -0.2) is 26.9 Å². The fourth-order valence-corrected chi connectivity index (χ4v) is 1.84. The molecule has 0 bridgehead atoms. The number of cyclic esters (lactones) is 2. The molecule has 1 aromatic carbocycles. The number of aromatic nitrogens is 3. The summed E-state index contributed by atoms with van der Waals surface area (Å²) in [6.07, 6.45) is 0.927. The molecule has 0 aliphatic carbocycles. The van der Waals surface area contributed by atoms with Crippen LogP contribution in [0.4, 0.5) is 0 Å². The van der Waals surface area contributed by atoms with Gasteiger partial charge in [0.1, 0.15) is 0 Å². The van der Waals surface area contributed by atoms with Crippen molar-refractivity contribution >= 4 is 11.9 Å². The molecule has 0 saturated carbocycles. The molecule has 2 heterocycles. The molecular formula is C12H9N3O3. The quantitative estimate of drug-likeness (QED) is 0.584. The monoisotopic (exact) mass is 243 g/mol. The average Bonchev–Trinajstić information content (AvgIpc) is 2.93. The Bertz CT molecular complexity index is 643. The fraction of sp³-hybridized carbons (Fsp3) is 0.167. The van der Waals surface area contributed by atoms with E-state index in [1.165, 1.54) is 10.2 Å². The number of ether oxygens (including phenoxy) is 1. The van der Waals surface area contributed by atoms with Crippen molar-refractivity contribution in [1.29, 1.82) is 0 Å². The van der Waals surface area contributed by atoms with Gasteiger partial charge in [-0.25, -0.2) is 14.3 Å². The first-order valence-corrected chi connectivity index (χ1v) is 5.52. The van der Waals surface area contributed by atoms with Gasteiger partial charge >= 0.3 is 11.9 Å². The Kier molecular flexibility index (Phi) is 2.22. The van der Waals surface area contributed by atoms with Crippen LogP contribution >= 0.6 is 0 Å². The highest BCUT2D eigenvalue weighted by Crippen LogP contribution is 2.20. The van der Waals surface area contributed by atoms with Crippen LogP contribution in [-0.2, 0) is 11.2 Å². The molecular weight excluding hydrogens is 234 g/mol. The lowest BCUT2D eigenvalue weighted by Crippen LogP contribution is -2.08. The Hall–Kier alpha value is -2.50. The smallest absolute Gasteiger partial charge is 0.369 e. The Morgan fingerprint density at radius 3 is 2.56 bits per heavy atom. The van der Waals surface area contributed by atoms with Crippen molar-refractivity contribution in [2.75, 3.05) is 0 Å². The molecule has 0 atom stereocenters. The second-order valence-electron chi connectivity index (χ2n) is 3.90. The zero-order valence-corrected chi connectivity index (χ0v) is 9.58. The molecule has 0 saturated heterocycles.